The van der Waals surface area contributed by atoms with Crippen LogP contribution < -0.4 is 10.6 Å². The highest BCUT2D eigenvalue weighted by atomic mass is 16.7. The molecule has 2 N–H and O–H groups in total. The molecule has 3 fully saturated rings. The molecule has 3 aliphatic heterocycles. The Bertz CT molecular complexity index is 1700. The number of carbonyl (C=O) groups excluding carboxylic acids is 6. The predicted molar refractivity (Wildman–Crippen MR) is 326 cm³/mol. The lowest BCUT2D eigenvalue weighted by Crippen LogP contribution is -2.47. The normalized spacial score (nSPS) is 28.3. The van der Waals surface area contributed by atoms with Crippen molar-refractivity contribution >= 4 is 35.5 Å². The van der Waals surface area contributed by atoms with Crippen molar-refractivity contribution in [2.24, 2.45) is 58.7 Å². The molecule has 3 aliphatic rings. The molecule has 0 radical (unpaired) electrons. The minimum absolute atomic E-state index is 0.0840. The summed E-state index contributed by atoms with van der Waals surface area (Å²) in [6.45, 7) is 30.7. The van der Waals surface area contributed by atoms with Crippen LogP contribution in [0.1, 0.15) is 199 Å². The van der Waals surface area contributed by atoms with Crippen LogP contribution in [0, 0.1) is 58.7 Å². The Balaban J connectivity index is 1.32. The minimum Gasteiger partial charge on any atom is -0.463 e. The second-order valence-electron chi connectivity index (χ2n) is 25.7. The Morgan fingerprint density at radius 3 is 1.00 bits per heavy atom. The van der Waals surface area contributed by atoms with E-state index in [0.717, 1.165) is 83.5 Å². The first-order valence-electron chi connectivity index (χ1n) is 33.0. The van der Waals surface area contributed by atoms with Gasteiger partial charge in [0.05, 0.1) is 58.0 Å². The lowest BCUT2D eigenvalue weighted by atomic mass is 9.79. The molecular formula is C66H118N2O18. The maximum Gasteiger partial charge on any atom is 0.302 e. The molecule has 2 amide bonds. The fraction of sp³-hybridized carbons (Fsp3) is 0.909. The van der Waals surface area contributed by atoms with E-state index in [1.165, 1.54) is 20.8 Å². The molecular weight excluding hydrogens is 1110 g/mol. The molecule has 0 aromatic rings. The Morgan fingerprint density at radius 2 is 0.663 bits per heavy atom. The Labute approximate surface area is 517 Å². The van der Waals surface area contributed by atoms with Gasteiger partial charge in [-0.3, -0.25) is 28.8 Å². The van der Waals surface area contributed by atoms with Crippen LogP contribution in [0.3, 0.4) is 0 Å². The van der Waals surface area contributed by atoms with E-state index in [0.29, 0.717) is 63.5 Å². The van der Waals surface area contributed by atoms with E-state index in [-0.39, 0.29) is 180 Å². The highest BCUT2D eigenvalue weighted by molar-refractivity contribution is 5.78. The number of esters is 3. The highest BCUT2D eigenvalue weighted by Gasteiger charge is 2.42. The van der Waals surface area contributed by atoms with Gasteiger partial charge in [0.25, 0.3) is 0 Å². The van der Waals surface area contributed by atoms with Crippen LogP contribution in [0.4, 0.5) is 0 Å². The number of Topliss-reactive ketones (excluding diaryl/α,β-unsaturated/α-hetero) is 1. The van der Waals surface area contributed by atoms with Gasteiger partial charge in [-0.05, 0) is 74.0 Å². The molecule has 20 heteroatoms. The quantitative estimate of drug-likeness (QED) is 0.0327. The first-order chi connectivity index (χ1) is 41.0. The third-order valence-electron chi connectivity index (χ3n) is 18.4. The molecule has 6 unspecified atom stereocenters. The summed E-state index contributed by atoms with van der Waals surface area (Å²) < 4.78 is 71.0. The number of amides is 2. The summed E-state index contributed by atoms with van der Waals surface area (Å²) in [5.41, 5.74) is -0.594. The van der Waals surface area contributed by atoms with E-state index >= 15 is 0 Å². The summed E-state index contributed by atoms with van der Waals surface area (Å²) in [6, 6.07) is 0. The molecule has 3 saturated heterocycles. The van der Waals surface area contributed by atoms with Crippen LogP contribution in [0.5, 0.6) is 0 Å². The number of hydrogen-bond acceptors (Lipinski definition) is 18. The van der Waals surface area contributed by atoms with E-state index < -0.39 is 5.41 Å². The molecule has 0 saturated carbocycles. The Morgan fingerprint density at radius 1 is 0.360 bits per heavy atom. The molecule has 3 heterocycles. The van der Waals surface area contributed by atoms with E-state index in [1.807, 2.05) is 6.92 Å². The van der Waals surface area contributed by atoms with Gasteiger partial charge >= 0.3 is 17.9 Å². The molecule has 0 aromatic heterocycles. The topological polar surface area (TPSA) is 237 Å². The van der Waals surface area contributed by atoms with Gasteiger partial charge in [0.15, 0.2) is 18.9 Å². The van der Waals surface area contributed by atoms with Crippen molar-refractivity contribution in [3.8, 4) is 0 Å². The molecule has 20 nitrogen and oxygen atoms in total. The van der Waals surface area contributed by atoms with Crippen LogP contribution in [0.15, 0.2) is 0 Å². The average Bonchev–Trinajstić information content (AvgIpc) is 1.72. The highest BCUT2D eigenvalue weighted by Crippen LogP contribution is 2.38. The van der Waals surface area contributed by atoms with Gasteiger partial charge < -0.3 is 67.5 Å². The van der Waals surface area contributed by atoms with Gasteiger partial charge in [-0.2, -0.15) is 0 Å². The molecule has 0 aromatic carbocycles. The monoisotopic (exact) mass is 1230 g/mol. The van der Waals surface area contributed by atoms with Gasteiger partial charge in [-0.15, -0.1) is 0 Å². The van der Waals surface area contributed by atoms with Crippen LogP contribution in [0.2, 0.25) is 0 Å². The van der Waals surface area contributed by atoms with Crippen LogP contribution in [-0.4, -0.2) is 165 Å². The summed E-state index contributed by atoms with van der Waals surface area (Å²) >= 11 is 0. The zero-order valence-corrected chi connectivity index (χ0v) is 55.4. The maximum atomic E-state index is 12.9. The number of hydrogen-bond donors (Lipinski definition) is 2. The predicted octanol–water partition coefficient (Wildman–Crippen LogP) is 10.1. The molecule has 15 atom stereocenters. The van der Waals surface area contributed by atoms with E-state index in [2.05, 4.69) is 72.9 Å². The zero-order chi connectivity index (χ0) is 63.4. The number of nitrogens with one attached hydrogen (secondary N) is 2. The summed E-state index contributed by atoms with van der Waals surface area (Å²) in [5, 5.41) is 6.01. The standard InChI is InChI=1S/C66H118N2O18/c1-45-48(4)58(39-81-54(10)69)84-63(51(45)7)78-33-24-18-14-15-21-27-57(72)28-36-75-42-66(13,43-76-37-29-61(73)67-31-22-16-19-25-34-79-64-52(8)46(2)49(5)59(85-64)40-82-55(11)70)44-77-38-30-62(74)68-32-23-17-20-26-35-80-65-53(9)47(3)50(6)60(86-65)41-83-56(12)71/h45-53,58-60,63-65H,14-44H2,1-13H3,(H,67,73)(H,68,74)/t45-,46-,47-,48+,49+,50+,51?,52?,53?,58?,59?,60?,63+,64+,65+,66?/m0/s1. The van der Waals surface area contributed by atoms with Crippen molar-refractivity contribution in [3.63, 3.8) is 0 Å². The van der Waals surface area contributed by atoms with Gasteiger partial charge in [-0.1, -0.05) is 114 Å². The minimum atomic E-state index is -0.594. The van der Waals surface area contributed by atoms with Crippen LogP contribution in [-0.2, 0) is 85.6 Å². The number of unbranched alkanes of at least 4 members (excludes halogenated alkanes) is 10. The molecule has 0 spiro atoms. The van der Waals surface area contributed by atoms with Crippen molar-refractivity contribution in [2.75, 3.05) is 92.4 Å². The smallest absolute Gasteiger partial charge is 0.302 e. The second kappa shape index (κ2) is 43.4. The van der Waals surface area contributed by atoms with Crippen molar-refractivity contribution in [1.82, 2.24) is 10.6 Å². The van der Waals surface area contributed by atoms with Crippen molar-refractivity contribution in [3.05, 3.63) is 0 Å². The largest absolute Gasteiger partial charge is 0.463 e. The molecule has 0 aliphatic carbocycles. The number of rotatable bonds is 46. The van der Waals surface area contributed by atoms with Gasteiger partial charge in [-0.25, -0.2) is 0 Å². The van der Waals surface area contributed by atoms with E-state index in [1.54, 1.807) is 0 Å². The van der Waals surface area contributed by atoms with Crippen molar-refractivity contribution in [2.45, 2.75) is 236 Å². The van der Waals surface area contributed by atoms with Crippen molar-refractivity contribution < 1.29 is 85.6 Å². The lowest BCUT2D eigenvalue weighted by molar-refractivity contribution is -0.255. The van der Waals surface area contributed by atoms with Crippen molar-refractivity contribution in [1.29, 1.82) is 0 Å². The van der Waals surface area contributed by atoms with Gasteiger partial charge in [0.2, 0.25) is 11.8 Å². The molecule has 86 heavy (non-hydrogen) atoms. The van der Waals surface area contributed by atoms with Crippen LogP contribution in [0.25, 0.3) is 0 Å². The SMILES string of the molecule is CC(=O)OCC1O[C@@H](OCCCCCCCC(=O)CCOCC(C)(COCCC(=O)NCCCCCCO[C@@H]2OC(COC(C)=O)[C@H](C)[C@H](C)C2C)COCCC(=O)NCCCCCCO[C@@H]2OC(COC(C)=O)[C@H](C)[C@H](C)C2C)C(C)[C@@H](C)[C@H]1C. The maximum absolute atomic E-state index is 12.9. The average molecular weight is 1230 g/mol. The number of ether oxygens (including phenoxy) is 12. The fourth-order valence-corrected chi connectivity index (χ4v) is 11.3. The molecule has 3 rings (SSSR count). The molecule has 0 bridgehead atoms. The zero-order valence-electron chi connectivity index (χ0n) is 55.4. The van der Waals surface area contributed by atoms with E-state index in [9.17, 15) is 28.8 Å². The number of carbonyl (C=O) groups is 6. The second-order valence-corrected chi connectivity index (χ2v) is 25.7. The Kier molecular flexibility index (Phi) is 38.8. The first kappa shape index (κ1) is 76.9. The van der Waals surface area contributed by atoms with E-state index in [4.69, 9.17) is 56.8 Å². The fourth-order valence-electron chi connectivity index (χ4n) is 11.3. The van der Waals surface area contributed by atoms with Gasteiger partial charge in [0.1, 0.15) is 25.6 Å². The Hall–Kier alpha value is -3.34. The first-order valence-corrected chi connectivity index (χ1v) is 33.0. The lowest BCUT2D eigenvalue weighted by Gasteiger charge is -2.43. The number of ketones is 1. The third kappa shape index (κ3) is 30.9. The third-order valence-corrected chi connectivity index (χ3v) is 18.4. The summed E-state index contributed by atoms with van der Waals surface area (Å²) in [4.78, 5) is 72.5. The van der Waals surface area contributed by atoms with Gasteiger partial charge in [0, 0.05) is 103 Å². The summed E-state index contributed by atoms with van der Waals surface area (Å²) in [7, 11) is 0. The van der Waals surface area contributed by atoms with Crippen LogP contribution >= 0.6 is 0 Å². The molecule has 500 valence electrons. The summed E-state index contributed by atoms with van der Waals surface area (Å²) in [6.07, 6.45) is 11.6. The summed E-state index contributed by atoms with van der Waals surface area (Å²) in [5.74, 6) is 1.57.